The van der Waals surface area contributed by atoms with Crippen LogP contribution in [0.1, 0.15) is 24.6 Å². The van der Waals surface area contributed by atoms with E-state index >= 15 is 0 Å². The van der Waals surface area contributed by atoms with E-state index in [0.29, 0.717) is 31.0 Å². The van der Waals surface area contributed by atoms with Crippen LogP contribution in [0, 0.1) is 11.8 Å². The van der Waals surface area contributed by atoms with Gasteiger partial charge >= 0.3 is 0 Å². The van der Waals surface area contributed by atoms with Crippen LogP contribution in [0.4, 0.5) is 0 Å². The molecule has 2 aliphatic carbocycles. The second kappa shape index (κ2) is 7.54. The molecule has 2 heterocycles. The number of aldehydes is 1. The quantitative estimate of drug-likeness (QED) is 0.572. The zero-order chi connectivity index (χ0) is 20.0. The van der Waals surface area contributed by atoms with E-state index in [2.05, 4.69) is 11.1 Å². The maximum Gasteiger partial charge on any atom is 0.248 e. The van der Waals surface area contributed by atoms with E-state index in [9.17, 15) is 14.7 Å². The SMILES string of the molecule is CC1C(C=O)=CC=CC1C1=c2c3c([nH]c2=C(Cl)C(Cl)C1)CCN(C(=O)CO)C3. The average molecular weight is 421 g/mol. The minimum absolute atomic E-state index is 0.0374. The molecule has 0 fully saturated rings. The molecule has 3 unspecified atom stereocenters. The number of hydrogen-bond donors (Lipinski definition) is 2. The highest BCUT2D eigenvalue weighted by Gasteiger charge is 2.33. The van der Waals surface area contributed by atoms with Crippen molar-refractivity contribution in [1.82, 2.24) is 9.88 Å². The number of hydrogen-bond acceptors (Lipinski definition) is 3. The first kappa shape index (κ1) is 19.5. The molecule has 0 saturated carbocycles. The molecule has 3 atom stereocenters. The molecule has 1 amide bonds. The number of halogens is 2. The second-order valence-electron chi connectivity index (χ2n) is 7.58. The molecular weight excluding hydrogens is 399 g/mol. The lowest BCUT2D eigenvalue weighted by Gasteiger charge is -2.30. The number of aromatic nitrogens is 1. The normalized spacial score (nSPS) is 26.6. The number of H-pyrrole nitrogens is 1. The minimum Gasteiger partial charge on any atom is -0.387 e. The number of aromatic amines is 1. The molecule has 0 aromatic carbocycles. The van der Waals surface area contributed by atoms with Crippen LogP contribution in [0.15, 0.2) is 23.8 Å². The lowest BCUT2D eigenvalue weighted by molar-refractivity contribution is -0.135. The van der Waals surface area contributed by atoms with Gasteiger partial charge in [-0.25, -0.2) is 0 Å². The maximum atomic E-state index is 12.0. The van der Waals surface area contributed by atoms with E-state index in [1.807, 2.05) is 19.1 Å². The molecule has 0 radical (unpaired) electrons. The number of nitrogens with zero attached hydrogens (tertiary/aromatic N) is 1. The predicted molar refractivity (Wildman–Crippen MR) is 109 cm³/mol. The van der Waals surface area contributed by atoms with E-state index < -0.39 is 6.61 Å². The van der Waals surface area contributed by atoms with Crippen molar-refractivity contribution in [1.29, 1.82) is 0 Å². The monoisotopic (exact) mass is 420 g/mol. The molecule has 1 aliphatic heterocycles. The first-order valence-corrected chi connectivity index (χ1v) is 10.3. The van der Waals surface area contributed by atoms with Crippen molar-refractivity contribution in [3.63, 3.8) is 0 Å². The number of carbonyl (C=O) groups is 2. The van der Waals surface area contributed by atoms with Gasteiger partial charge in [-0.3, -0.25) is 9.59 Å². The predicted octanol–water partition coefficient (Wildman–Crippen LogP) is 1.35. The van der Waals surface area contributed by atoms with Crippen LogP contribution in [-0.2, 0) is 22.6 Å². The fourth-order valence-corrected chi connectivity index (χ4v) is 5.06. The Balaban J connectivity index is 1.92. The summed E-state index contributed by atoms with van der Waals surface area (Å²) in [6.45, 7) is 2.54. The van der Waals surface area contributed by atoms with Gasteiger partial charge in [0, 0.05) is 41.9 Å². The lowest BCUT2D eigenvalue weighted by Crippen LogP contribution is -2.42. The molecular formula is C21H22Cl2N2O3. The Hall–Kier alpha value is -1.82. The number of aliphatic hydroxyl groups is 1. The largest absolute Gasteiger partial charge is 0.387 e. The van der Waals surface area contributed by atoms with Crippen molar-refractivity contribution in [2.24, 2.45) is 11.8 Å². The lowest BCUT2D eigenvalue weighted by atomic mass is 9.76. The van der Waals surface area contributed by atoms with Crippen LogP contribution in [-0.4, -0.2) is 45.7 Å². The van der Waals surface area contributed by atoms with Gasteiger partial charge in [0.05, 0.1) is 15.8 Å². The third-order valence-electron chi connectivity index (χ3n) is 6.10. The summed E-state index contributed by atoms with van der Waals surface area (Å²) in [4.78, 5) is 28.6. The van der Waals surface area contributed by atoms with E-state index in [-0.39, 0.29) is 23.1 Å². The molecule has 2 N–H and O–H groups in total. The van der Waals surface area contributed by atoms with Gasteiger partial charge in [-0.1, -0.05) is 42.3 Å². The molecule has 4 rings (SSSR count). The van der Waals surface area contributed by atoms with Crippen molar-refractivity contribution in [3.8, 4) is 0 Å². The molecule has 0 spiro atoms. The fourth-order valence-electron chi connectivity index (χ4n) is 4.56. The van der Waals surface area contributed by atoms with E-state index in [1.54, 1.807) is 4.90 Å². The highest BCUT2D eigenvalue weighted by atomic mass is 35.5. The van der Waals surface area contributed by atoms with Gasteiger partial charge in [-0.15, -0.1) is 11.6 Å². The summed E-state index contributed by atoms with van der Waals surface area (Å²) in [5, 5.41) is 11.4. The van der Waals surface area contributed by atoms with E-state index in [1.165, 1.54) is 0 Å². The number of alkyl halides is 1. The van der Waals surface area contributed by atoms with Gasteiger partial charge in [0.15, 0.2) is 0 Å². The minimum atomic E-state index is -0.495. The first-order chi connectivity index (χ1) is 13.5. The van der Waals surface area contributed by atoms with Crippen molar-refractivity contribution in [3.05, 3.63) is 45.6 Å². The highest BCUT2D eigenvalue weighted by molar-refractivity contribution is 6.51. The van der Waals surface area contributed by atoms with Crippen LogP contribution < -0.4 is 10.6 Å². The van der Waals surface area contributed by atoms with Gasteiger partial charge in [0.1, 0.15) is 12.9 Å². The molecule has 0 saturated heterocycles. The van der Waals surface area contributed by atoms with Crippen LogP contribution in [0.3, 0.4) is 0 Å². The summed E-state index contributed by atoms with van der Waals surface area (Å²) >= 11 is 13.2. The van der Waals surface area contributed by atoms with Crippen LogP contribution in [0.25, 0.3) is 10.6 Å². The van der Waals surface area contributed by atoms with Crippen LogP contribution in [0.2, 0.25) is 0 Å². The summed E-state index contributed by atoms with van der Waals surface area (Å²) in [5.74, 6) is -0.199. The third-order valence-corrected chi connectivity index (χ3v) is 7.04. The standard InChI is InChI=1S/C21H22Cl2N2O3/c1-11-12(9-26)3-2-4-13(11)14-7-16(22)20(23)21-19(14)15-8-25(18(28)10-27)6-5-17(15)24-21/h2-4,9,11,13,16,24,27H,5-8,10H2,1H3. The summed E-state index contributed by atoms with van der Waals surface area (Å²) in [5.41, 5.74) is 4.01. The Kier molecular flexibility index (Phi) is 5.25. The Morgan fingerprint density at radius 3 is 2.96 bits per heavy atom. The zero-order valence-electron chi connectivity index (χ0n) is 15.5. The molecule has 3 aliphatic rings. The maximum absolute atomic E-state index is 12.0. The average Bonchev–Trinajstić information content (AvgIpc) is 3.09. The molecule has 28 heavy (non-hydrogen) atoms. The smallest absolute Gasteiger partial charge is 0.248 e. The van der Waals surface area contributed by atoms with Gasteiger partial charge in [-0.05, 0) is 17.9 Å². The fraction of sp³-hybridized carbons (Fsp3) is 0.429. The molecule has 5 nitrogen and oxygen atoms in total. The summed E-state index contributed by atoms with van der Waals surface area (Å²) in [6.07, 6.45) is 8.06. The number of nitrogens with one attached hydrogen (secondary N) is 1. The number of allylic oxidation sites excluding steroid dienone is 4. The summed E-state index contributed by atoms with van der Waals surface area (Å²) < 4.78 is 0. The summed E-state index contributed by atoms with van der Waals surface area (Å²) in [7, 11) is 0. The van der Waals surface area contributed by atoms with Crippen LogP contribution in [0.5, 0.6) is 0 Å². The molecule has 7 heteroatoms. The zero-order valence-corrected chi connectivity index (χ0v) is 17.1. The first-order valence-electron chi connectivity index (χ1n) is 9.45. The van der Waals surface area contributed by atoms with Gasteiger partial charge in [-0.2, -0.15) is 0 Å². The van der Waals surface area contributed by atoms with Crippen molar-refractivity contribution in [2.45, 2.75) is 31.7 Å². The van der Waals surface area contributed by atoms with Gasteiger partial charge < -0.3 is 15.0 Å². The highest BCUT2D eigenvalue weighted by Crippen LogP contribution is 2.37. The number of carbonyl (C=O) groups excluding carboxylic acids is 2. The van der Waals surface area contributed by atoms with E-state index in [0.717, 1.165) is 39.3 Å². The number of fused-ring (bicyclic) bond motifs is 3. The Morgan fingerprint density at radius 2 is 2.25 bits per heavy atom. The molecule has 0 bridgehead atoms. The van der Waals surface area contributed by atoms with E-state index in [4.69, 9.17) is 23.2 Å². The van der Waals surface area contributed by atoms with Gasteiger partial charge in [0.2, 0.25) is 5.91 Å². The topological polar surface area (TPSA) is 73.4 Å². The van der Waals surface area contributed by atoms with Gasteiger partial charge in [0.25, 0.3) is 0 Å². The Labute approximate surface area is 173 Å². The third kappa shape index (κ3) is 3.06. The van der Waals surface area contributed by atoms with Crippen molar-refractivity contribution in [2.75, 3.05) is 13.2 Å². The molecule has 1 aromatic heterocycles. The summed E-state index contributed by atoms with van der Waals surface area (Å²) in [6, 6.07) is 0. The van der Waals surface area contributed by atoms with Crippen molar-refractivity contribution < 1.29 is 14.7 Å². The number of rotatable bonds is 3. The van der Waals surface area contributed by atoms with Crippen molar-refractivity contribution >= 4 is 46.0 Å². The second-order valence-corrected chi connectivity index (χ2v) is 8.52. The molecule has 1 aromatic rings. The molecule has 148 valence electrons. The Bertz CT molecular complexity index is 1020. The number of amides is 1. The van der Waals surface area contributed by atoms with Crippen LogP contribution >= 0.6 is 23.2 Å². The Morgan fingerprint density at radius 1 is 1.46 bits per heavy atom. The number of aliphatic hydroxyl groups excluding tert-OH is 1.